The van der Waals surface area contributed by atoms with Crippen LogP contribution < -0.4 is 5.32 Å². The monoisotopic (exact) mass is 254 g/mol. The maximum Gasteiger partial charge on any atom is 0.156 e. The smallest absolute Gasteiger partial charge is 0.156 e. The van der Waals surface area contributed by atoms with Gasteiger partial charge in [0.1, 0.15) is 0 Å². The van der Waals surface area contributed by atoms with Gasteiger partial charge in [0.15, 0.2) is 5.17 Å². The fourth-order valence-electron chi connectivity index (χ4n) is 2.51. The number of amidine groups is 1. The Morgan fingerprint density at radius 2 is 2.06 bits per heavy atom. The van der Waals surface area contributed by atoms with Gasteiger partial charge >= 0.3 is 0 Å². The molecule has 0 radical (unpaired) electrons. The van der Waals surface area contributed by atoms with Gasteiger partial charge in [-0.05, 0) is 44.4 Å². The Morgan fingerprint density at radius 1 is 1.29 bits per heavy atom. The standard InChI is InChI=1S/C14H26N2S/c1-4-6-14(7-8-14)11-15-12-16-13(3,5-2)9-10-17-12/h4-11H2,1-3H3,(H,15,16). The van der Waals surface area contributed by atoms with Crippen LogP contribution in [0.2, 0.25) is 0 Å². The van der Waals surface area contributed by atoms with Crippen molar-refractivity contribution in [2.75, 3.05) is 12.3 Å². The summed E-state index contributed by atoms with van der Waals surface area (Å²) in [5, 5.41) is 4.83. The highest BCUT2D eigenvalue weighted by Crippen LogP contribution is 2.49. The predicted molar refractivity (Wildman–Crippen MR) is 77.8 cm³/mol. The molecule has 1 N–H and O–H groups in total. The molecule has 0 aromatic carbocycles. The normalized spacial score (nSPS) is 33.5. The minimum atomic E-state index is 0.283. The molecule has 1 aliphatic carbocycles. The molecule has 0 amide bonds. The predicted octanol–water partition coefficient (Wildman–Crippen LogP) is 3.82. The second-order valence-electron chi connectivity index (χ2n) is 6.01. The molecule has 17 heavy (non-hydrogen) atoms. The van der Waals surface area contributed by atoms with Crippen LogP contribution in [0.1, 0.15) is 59.3 Å². The van der Waals surface area contributed by atoms with E-state index in [1.165, 1.54) is 49.4 Å². The topological polar surface area (TPSA) is 24.4 Å². The van der Waals surface area contributed by atoms with Crippen molar-refractivity contribution in [3.8, 4) is 0 Å². The van der Waals surface area contributed by atoms with Gasteiger partial charge in [-0.1, -0.05) is 32.0 Å². The highest BCUT2D eigenvalue weighted by Gasteiger charge is 2.41. The van der Waals surface area contributed by atoms with Crippen molar-refractivity contribution in [1.82, 2.24) is 5.32 Å². The summed E-state index contributed by atoms with van der Waals surface area (Å²) in [6.07, 6.45) is 7.90. The fraction of sp³-hybridized carbons (Fsp3) is 0.929. The zero-order chi connectivity index (χ0) is 12.4. The van der Waals surface area contributed by atoms with Gasteiger partial charge in [0, 0.05) is 17.8 Å². The van der Waals surface area contributed by atoms with Crippen LogP contribution in [0, 0.1) is 5.41 Å². The van der Waals surface area contributed by atoms with Crippen LogP contribution >= 0.6 is 11.8 Å². The average molecular weight is 254 g/mol. The molecule has 1 unspecified atom stereocenters. The number of thioether (sulfide) groups is 1. The Balaban J connectivity index is 1.89. The first-order valence-electron chi connectivity index (χ1n) is 7.07. The van der Waals surface area contributed by atoms with Gasteiger partial charge in [0.25, 0.3) is 0 Å². The number of hydrogen-bond donors (Lipinski definition) is 1. The van der Waals surface area contributed by atoms with E-state index in [4.69, 9.17) is 4.99 Å². The first-order valence-corrected chi connectivity index (χ1v) is 8.05. The van der Waals surface area contributed by atoms with Gasteiger partial charge < -0.3 is 5.32 Å². The van der Waals surface area contributed by atoms with Gasteiger partial charge in [-0.2, -0.15) is 0 Å². The Morgan fingerprint density at radius 3 is 2.65 bits per heavy atom. The van der Waals surface area contributed by atoms with Crippen LogP contribution in [-0.2, 0) is 0 Å². The largest absolute Gasteiger partial charge is 0.360 e. The molecule has 1 saturated heterocycles. The van der Waals surface area contributed by atoms with Crippen molar-refractivity contribution in [2.24, 2.45) is 10.4 Å². The molecule has 0 bridgehead atoms. The van der Waals surface area contributed by atoms with Crippen molar-refractivity contribution in [2.45, 2.75) is 64.8 Å². The second kappa shape index (κ2) is 5.21. The van der Waals surface area contributed by atoms with Crippen LogP contribution in [0.15, 0.2) is 4.99 Å². The highest BCUT2D eigenvalue weighted by atomic mass is 32.2. The molecule has 2 aliphatic rings. The van der Waals surface area contributed by atoms with Gasteiger partial charge in [-0.25, -0.2) is 0 Å². The highest BCUT2D eigenvalue weighted by molar-refractivity contribution is 8.13. The zero-order valence-electron chi connectivity index (χ0n) is 11.5. The lowest BCUT2D eigenvalue weighted by Crippen LogP contribution is -2.48. The van der Waals surface area contributed by atoms with E-state index in [0.717, 1.165) is 6.54 Å². The average Bonchev–Trinajstić information content (AvgIpc) is 3.08. The van der Waals surface area contributed by atoms with Crippen molar-refractivity contribution in [1.29, 1.82) is 0 Å². The lowest BCUT2D eigenvalue weighted by Gasteiger charge is -2.35. The van der Waals surface area contributed by atoms with E-state index >= 15 is 0 Å². The molecule has 2 fully saturated rings. The van der Waals surface area contributed by atoms with E-state index in [1.807, 2.05) is 11.8 Å². The number of nitrogens with one attached hydrogen (secondary N) is 1. The summed E-state index contributed by atoms with van der Waals surface area (Å²) in [5.74, 6) is 1.22. The van der Waals surface area contributed by atoms with Crippen LogP contribution in [-0.4, -0.2) is 23.0 Å². The third kappa shape index (κ3) is 3.40. The molecule has 3 heteroatoms. The number of hydrogen-bond acceptors (Lipinski definition) is 2. The van der Waals surface area contributed by atoms with Gasteiger partial charge in [0.2, 0.25) is 0 Å². The number of rotatable bonds is 5. The lowest BCUT2D eigenvalue weighted by molar-refractivity contribution is 0.388. The summed E-state index contributed by atoms with van der Waals surface area (Å²) >= 11 is 1.91. The molecular formula is C14H26N2S. The third-order valence-electron chi connectivity index (χ3n) is 4.38. The van der Waals surface area contributed by atoms with E-state index in [2.05, 4.69) is 26.1 Å². The molecule has 1 atom stereocenters. The van der Waals surface area contributed by atoms with Crippen molar-refractivity contribution < 1.29 is 0 Å². The summed E-state index contributed by atoms with van der Waals surface area (Å²) < 4.78 is 0. The van der Waals surface area contributed by atoms with E-state index in [9.17, 15) is 0 Å². The van der Waals surface area contributed by atoms with Crippen molar-refractivity contribution in [3.63, 3.8) is 0 Å². The van der Waals surface area contributed by atoms with Crippen LogP contribution in [0.5, 0.6) is 0 Å². The molecule has 1 aliphatic heterocycles. The van der Waals surface area contributed by atoms with E-state index in [1.54, 1.807) is 0 Å². The summed E-state index contributed by atoms with van der Waals surface area (Å²) in [5.41, 5.74) is 0.871. The van der Waals surface area contributed by atoms with E-state index in [0.29, 0.717) is 5.41 Å². The maximum absolute atomic E-state index is 4.85. The summed E-state index contributed by atoms with van der Waals surface area (Å²) in [4.78, 5) is 4.85. The van der Waals surface area contributed by atoms with E-state index < -0.39 is 0 Å². The molecule has 0 spiro atoms. The maximum atomic E-state index is 4.85. The van der Waals surface area contributed by atoms with Crippen molar-refractivity contribution in [3.05, 3.63) is 0 Å². The van der Waals surface area contributed by atoms with E-state index in [-0.39, 0.29) is 5.54 Å². The third-order valence-corrected chi connectivity index (χ3v) is 5.29. The van der Waals surface area contributed by atoms with Crippen molar-refractivity contribution >= 4 is 16.9 Å². The fourth-order valence-corrected chi connectivity index (χ4v) is 3.73. The number of aliphatic imine (C=N–C) groups is 1. The number of nitrogens with zero attached hydrogens (tertiary/aromatic N) is 1. The zero-order valence-corrected chi connectivity index (χ0v) is 12.3. The Hall–Kier alpha value is -0.180. The molecule has 1 saturated carbocycles. The molecule has 0 aromatic rings. The lowest BCUT2D eigenvalue weighted by atomic mass is 9.96. The van der Waals surface area contributed by atoms with Gasteiger partial charge in [0.05, 0.1) is 0 Å². The quantitative estimate of drug-likeness (QED) is 0.806. The summed E-state index contributed by atoms with van der Waals surface area (Å²) in [7, 11) is 0. The first kappa shape index (κ1) is 13.3. The SMILES string of the molecule is CCCC1(CN=C2NC(C)(CC)CCS2)CC1. The molecule has 2 nitrogen and oxygen atoms in total. The van der Waals surface area contributed by atoms with Crippen LogP contribution in [0.3, 0.4) is 0 Å². The van der Waals surface area contributed by atoms with Gasteiger partial charge in [-0.3, -0.25) is 4.99 Å². The molecule has 2 rings (SSSR count). The molecule has 98 valence electrons. The Kier molecular flexibility index (Phi) is 4.06. The van der Waals surface area contributed by atoms with Crippen LogP contribution in [0.25, 0.3) is 0 Å². The Labute approximate surface area is 110 Å². The molecular weight excluding hydrogens is 228 g/mol. The summed E-state index contributed by atoms with van der Waals surface area (Å²) in [6.45, 7) is 7.92. The minimum absolute atomic E-state index is 0.283. The molecule has 0 aromatic heterocycles. The Bertz CT molecular complexity index is 297. The second-order valence-corrected chi connectivity index (χ2v) is 7.09. The molecule has 1 heterocycles. The summed E-state index contributed by atoms with van der Waals surface area (Å²) in [6, 6.07) is 0. The first-order chi connectivity index (χ1) is 8.11. The minimum Gasteiger partial charge on any atom is -0.360 e. The van der Waals surface area contributed by atoms with Gasteiger partial charge in [-0.15, -0.1) is 0 Å². The van der Waals surface area contributed by atoms with Crippen LogP contribution in [0.4, 0.5) is 0 Å².